The van der Waals surface area contributed by atoms with Crippen molar-refractivity contribution >= 4 is 15.9 Å². The van der Waals surface area contributed by atoms with E-state index >= 15 is 0 Å². The van der Waals surface area contributed by atoms with Crippen LogP contribution >= 0.6 is 15.9 Å². The van der Waals surface area contributed by atoms with Gasteiger partial charge in [-0.15, -0.1) is 0 Å². The van der Waals surface area contributed by atoms with E-state index in [1.165, 1.54) is 21.2 Å². The van der Waals surface area contributed by atoms with Crippen molar-refractivity contribution in [1.29, 1.82) is 0 Å². The van der Waals surface area contributed by atoms with Crippen LogP contribution in [0.4, 0.5) is 0 Å². The molecule has 0 amide bonds. The second-order valence-electron chi connectivity index (χ2n) is 4.93. The van der Waals surface area contributed by atoms with Gasteiger partial charge < -0.3 is 14.8 Å². The number of benzene rings is 1. The highest BCUT2D eigenvalue weighted by Gasteiger charge is 2.25. The third-order valence-electron chi connectivity index (χ3n) is 3.54. The normalized spacial score (nSPS) is 18.8. The Kier molecular flexibility index (Phi) is 5.25. The molecule has 0 bridgehead atoms. The number of aryl methyl sites for hydroxylation is 1. The molecule has 3 nitrogen and oxygen atoms in total. The summed E-state index contributed by atoms with van der Waals surface area (Å²) in [5, 5.41) is 3.58. The first-order chi connectivity index (χ1) is 9.19. The Morgan fingerprint density at radius 1 is 1.53 bits per heavy atom. The van der Waals surface area contributed by atoms with Crippen LogP contribution < -0.4 is 10.1 Å². The lowest BCUT2D eigenvalue weighted by atomic mass is 9.96. The number of halogens is 1. The van der Waals surface area contributed by atoms with Crippen LogP contribution in [0.25, 0.3) is 0 Å². The predicted molar refractivity (Wildman–Crippen MR) is 81.0 cm³/mol. The highest BCUT2D eigenvalue weighted by molar-refractivity contribution is 9.10. The van der Waals surface area contributed by atoms with Gasteiger partial charge in [-0.3, -0.25) is 0 Å². The highest BCUT2D eigenvalue weighted by atomic mass is 79.9. The summed E-state index contributed by atoms with van der Waals surface area (Å²) in [6.07, 6.45) is 2.02. The number of rotatable bonds is 4. The maximum Gasteiger partial charge on any atom is 0.122 e. The zero-order valence-electron chi connectivity index (χ0n) is 11.9. The average molecular weight is 328 g/mol. The fraction of sp³-hybridized carbons (Fsp3) is 0.600. The summed E-state index contributed by atoms with van der Waals surface area (Å²) < 4.78 is 12.5. The highest BCUT2D eigenvalue weighted by Crippen LogP contribution is 2.38. The van der Waals surface area contributed by atoms with Gasteiger partial charge in [-0.1, -0.05) is 22.9 Å². The van der Waals surface area contributed by atoms with Crippen LogP contribution in [0.3, 0.4) is 0 Å². The molecule has 0 radical (unpaired) electrons. The van der Waals surface area contributed by atoms with Crippen molar-refractivity contribution in [3.63, 3.8) is 0 Å². The summed E-state index contributed by atoms with van der Waals surface area (Å²) in [7, 11) is 1.74. The zero-order valence-corrected chi connectivity index (χ0v) is 13.5. The maximum atomic E-state index is 5.74. The molecule has 1 aliphatic rings. The quantitative estimate of drug-likeness (QED) is 0.919. The summed E-state index contributed by atoms with van der Waals surface area (Å²) in [6.45, 7) is 6.75. The number of hydrogen-bond acceptors (Lipinski definition) is 3. The molecule has 0 fully saturated rings. The Hall–Kier alpha value is -0.580. The molecule has 2 rings (SSSR count). The van der Waals surface area contributed by atoms with E-state index in [2.05, 4.69) is 41.2 Å². The molecule has 0 saturated carbocycles. The number of fused-ring (bicyclic) bond motifs is 1. The van der Waals surface area contributed by atoms with Crippen LogP contribution in [0.15, 0.2) is 10.5 Å². The molecule has 1 heterocycles. The third kappa shape index (κ3) is 3.12. The topological polar surface area (TPSA) is 30.5 Å². The summed E-state index contributed by atoms with van der Waals surface area (Å²) in [5.74, 6) is 0.976. The van der Waals surface area contributed by atoms with Crippen molar-refractivity contribution in [2.75, 3.05) is 26.9 Å². The smallest absolute Gasteiger partial charge is 0.122 e. The monoisotopic (exact) mass is 327 g/mol. The first kappa shape index (κ1) is 14.8. The molecule has 0 saturated heterocycles. The van der Waals surface area contributed by atoms with E-state index in [1.807, 2.05) is 0 Å². The van der Waals surface area contributed by atoms with Crippen LogP contribution in [0.2, 0.25) is 0 Å². The maximum absolute atomic E-state index is 5.74. The molecule has 106 valence electrons. The van der Waals surface area contributed by atoms with E-state index in [4.69, 9.17) is 9.47 Å². The second kappa shape index (κ2) is 6.73. The Bertz CT molecular complexity index is 448. The molecule has 0 spiro atoms. The van der Waals surface area contributed by atoms with Gasteiger partial charge >= 0.3 is 0 Å². The molecule has 1 aliphatic heterocycles. The van der Waals surface area contributed by atoms with Gasteiger partial charge in [0.25, 0.3) is 0 Å². The summed E-state index contributed by atoms with van der Waals surface area (Å²) >= 11 is 3.75. The van der Waals surface area contributed by atoms with Gasteiger partial charge in [-0.25, -0.2) is 0 Å². The number of ether oxygens (including phenoxy) is 2. The van der Waals surface area contributed by atoms with Gasteiger partial charge in [0.15, 0.2) is 0 Å². The SMILES string of the molecule is CCCNC1COCCc2c(OC)cc(C)c(Br)c21. The molecule has 19 heavy (non-hydrogen) atoms. The molecular formula is C15H22BrNO2. The summed E-state index contributed by atoms with van der Waals surface area (Å²) in [6, 6.07) is 2.34. The Labute approximate surface area is 123 Å². The molecule has 1 unspecified atom stereocenters. The third-order valence-corrected chi connectivity index (χ3v) is 4.60. The van der Waals surface area contributed by atoms with Crippen molar-refractivity contribution in [2.45, 2.75) is 32.7 Å². The van der Waals surface area contributed by atoms with Crippen molar-refractivity contribution in [3.05, 3.63) is 27.2 Å². The van der Waals surface area contributed by atoms with E-state index in [9.17, 15) is 0 Å². The molecular weight excluding hydrogens is 306 g/mol. The molecule has 1 aromatic carbocycles. The Morgan fingerprint density at radius 2 is 2.32 bits per heavy atom. The first-order valence-corrected chi connectivity index (χ1v) is 7.65. The fourth-order valence-corrected chi connectivity index (χ4v) is 3.20. The van der Waals surface area contributed by atoms with Crippen LogP contribution in [-0.2, 0) is 11.2 Å². The van der Waals surface area contributed by atoms with E-state index in [0.29, 0.717) is 0 Å². The number of nitrogens with one attached hydrogen (secondary N) is 1. The van der Waals surface area contributed by atoms with Gasteiger partial charge in [-0.2, -0.15) is 0 Å². The predicted octanol–water partition coefficient (Wildman–Crippen LogP) is 3.38. The van der Waals surface area contributed by atoms with Crippen LogP contribution in [0.1, 0.15) is 36.1 Å². The van der Waals surface area contributed by atoms with Gasteiger partial charge in [0.2, 0.25) is 0 Å². The van der Waals surface area contributed by atoms with Gasteiger partial charge in [-0.05, 0) is 43.5 Å². The zero-order chi connectivity index (χ0) is 13.8. The van der Waals surface area contributed by atoms with E-state index in [0.717, 1.165) is 38.3 Å². The fourth-order valence-electron chi connectivity index (χ4n) is 2.57. The largest absolute Gasteiger partial charge is 0.496 e. The van der Waals surface area contributed by atoms with Gasteiger partial charge in [0.05, 0.1) is 26.4 Å². The van der Waals surface area contributed by atoms with E-state index < -0.39 is 0 Å². The van der Waals surface area contributed by atoms with Crippen molar-refractivity contribution in [2.24, 2.45) is 0 Å². The minimum absolute atomic E-state index is 0.237. The van der Waals surface area contributed by atoms with Crippen molar-refractivity contribution in [1.82, 2.24) is 5.32 Å². The van der Waals surface area contributed by atoms with Crippen molar-refractivity contribution < 1.29 is 9.47 Å². The van der Waals surface area contributed by atoms with Crippen LogP contribution in [0, 0.1) is 6.92 Å². The minimum Gasteiger partial charge on any atom is -0.496 e. The molecule has 1 atom stereocenters. The van der Waals surface area contributed by atoms with Crippen molar-refractivity contribution in [3.8, 4) is 5.75 Å². The lowest BCUT2D eigenvalue weighted by molar-refractivity contribution is 0.121. The summed E-state index contributed by atoms with van der Waals surface area (Å²) in [5.41, 5.74) is 3.79. The number of methoxy groups -OCH3 is 1. The standard InChI is InChI=1S/C15H22BrNO2/c1-4-6-17-12-9-19-7-5-11-13(18-3)8-10(2)15(16)14(11)12/h8,12,17H,4-7,9H2,1-3H3. The van der Waals surface area contributed by atoms with Crippen LogP contribution in [-0.4, -0.2) is 26.9 Å². The molecule has 4 heteroatoms. The van der Waals surface area contributed by atoms with E-state index in [1.54, 1.807) is 7.11 Å². The molecule has 0 aliphatic carbocycles. The molecule has 0 aromatic heterocycles. The first-order valence-electron chi connectivity index (χ1n) is 6.86. The summed E-state index contributed by atoms with van der Waals surface area (Å²) in [4.78, 5) is 0. The molecule has 1 N–H and O–H groups in total. The van der Waals surface area contributed by atoms with Gasteiger partial charge in [0.1, 0.15) is 5.75 Å². The lowest BCUT2D eigenvalue weighted by Crippen LogP contribution is -2.26. The van der Waals surface area contributed by atoms with Crippen LogP contribution in [0.5, 0.6) is 5.75 Å². The minimum atomic E-state index is 0.237. The van der Waals surface area contributed by atoms with Gasteiger partial charge in [0, 0.05) is 10.0 Å². The Morgan fingerprint density at radius 3 is 3.00 bits per heavy atom. The lowest BCUT2D eigenvalue weighted by Gasteiger charge is -2.22. The Balaban J connectivity index is 2.47. The second-order valence-corrected chi connectivity index (χ2v) is 5.73. The number of hydrogen-bond donors (Lipinski definition) is 1. The van der Waals surface area contributed by atoms with E-state index in [-0.39, 0.29) is 6.04 Å². The average Bonchev–Trinajstić information content (AvgIpc) is 2.63. The molecule has 1 aromatic rings.